The fraction of sp³-hybridized carbons (Fsp3) is 0.500. The predicted molar refractivity (Wildman–Crippen MR) is 59.2 cm³/mol. The maximum absolute atomic E-state index is 5.77. The molecule has 15 heavy (non-hydrogen) atoms. The molecule has 0 spiro atoms. The van der Waals surface area contributed by atoms with Crippen LogP contribution in [0.4, 0.5) is 0 Å². The molecule has 0 bridgehead atoms. The Morgan fingerprint density at radius 1 is 1.47 bits per heavy atom. The molecule has 0 aromatic heterocycles. The summed E-state index contributed by atoms with van der Waals surface area (Å²) in [7, 11) is 1.69. The molecule has 1 atom stereocenters. The second kappa shape index (κ2) is 5.14. The Balaban J connectivity index is 2.12. The van der Waals surface area contributed by atoms with Gasteiger partial charge in [-0.05, 0) is 30.7 Å². The lowest BCUT2D eigenvalue weighted by Gasteiger charge is -2.15. The van der Waals surface area contributed by atoms with Crippen molar-refractivity contribution in [1.82, 2.24) is 5.32 Å². The quantitative estimate of drug-likeness (QED) is 0.801. The molecular formula is C12H17NO2. The van der Waals surface area contributed by atoms with Gasteiger partial charge in [-0.2, -0.15) is 0 Å². The molecule has 3 nitrogen and oxygen atoms in total. The molecule has 1 aliphatic rings. The van der Waals surface area contributed by atoms with Gasteiger partial charge in [0.1, 0.15) is 5.75 Å². The van der Waals surface area contributed by atoms with Crippen LogP contribution in [-0.2, 0) is 4.74 Å². The van der Waals surface area contributed by atoms with Crippen LogP contribution in [0.25, 0.3) is 0 Å². The van der Waals surface area contributed by atoms with E-state index < -0.39 is 0 Å². The highest BCUT2D eigenvalue weighted by Crippen LogP contribution is 2.22. The standard InChI is InChI=1S/C12H17NO2/c1-14-11-5-2-4-10(8-11)12-9-13-6-3-7-15-12/h2,4-5,8,12-13H,3,6-7,9H2,1H3. The van der Waals surface area contributed by atoms with Crippen molar-refractivity contribution in [2.45, 2.75) is 12.5 Å². The fourth-order valence-corrected chi connectivity index (χ4v) is 1.77. The lowest BCUT2D eigenvalue weighted by molar-refractivity contribution is 0.0667. The zero-order valence-corrected chi connectivity index (χ0v) is 9.03. The zero-order chi connectivity index (χ0) is 10.5. The smallest absolute Gasteiger partial charge is 0.119 e. The maximum atomic E-state index is 5.77. The average molecular weight is 207 g/mol. The predicted octanol–water partition coefficient (Wildman–Crippen LogP) is 1.75. The molecule has 1 unspecified atom stereocenters. The largest absolute Gasteiger partial charge is 0.497 e. The van der Waals surface area contributed by atoms with Gasteiger partial charge >= 0.3 is 0 Å². The highest BCUT2D eigenvalue weighted by Gasteiger charge is 2.14. The van der Waals surface area contributed by atoms with Crippen LogP contribution >= 0.6 is 0 Å². The van der Waals surface area contributed by atoms with Crippen molar-refractivity contribution >= 4 is 0 Å². The number of rotatable bonds is 2. The average Bonchev–Trinajstić information content (AvgIpc) is 2.58. The van der Waals surface area contributed by atoms with Gasteiger partial charge in [-0.25, -0.2) is 0 Å². The Labute approximate surface area is 90.4 Å². The minimum atomic E-state index is 0.155. The van der Waals surface area contributed by atoms with Crippen molar-refractivity contribution in [3.8, 4) is 5.75 Å². The summed E-state index contributed by atoms with van der Waals surface area (Å²) in [5.74, 6) is 0.889. The Hall–Kier alpha value is -1.06. The minimum Gasteiger partial charge on any atom is -0.497 e. The third-order valence-corrected chi connectivity index (χ3v) is 2.61. The van der Waals surface area contributed by atoms with Gasteiger partial charge in [-0.1, -0.05) is 12.1 Å². The number of benzene rings is 1. The fourth-order valence-electron chi connectivity index (χ4n) is 1.77. The molecule has 1 saturated heterocycles. The van der Waals surface area contributed by atoms with Crippen LogP contribution in [0.5, 0.6) is 5.75 Å². The highest BCUT2D eigenvalue weighted by molar-refractivity contribution is 5.30. The summed E-state index contributed by atoms with van der Waals surface area (Å²) in [6, 6.07) is 8.08. The van der Waals surface area contributed by atoms with Crippen molar-refractivity contribution in [2.24, 2.45) is 0 Å². The lowest BCUT2D eigenvalue weighted by atomic mass is 10.1. The number of ether oxygens (including phenoxy) is 2. The topological polar surface area (TPSA) is 30.5 Å². The van der Waals surface area contributed by atoms with Gasteiger partial charge in [0.25, 0.3) is 0 Å². The summed E-state index contributed by atoms with van der Waals surface area (Å²) >= 11 is 0. The van der Waals surface area contributed by atoms with Crippen LogP contribution in [0.3, 0.4) is 0 Å². The number of methoxy groups -OCH3 is 1. The second-order valence-corrected chi connectivity index (χ2v) is 3.69. The van der Waals surface area contributed by atoms with E-state index in [1.807, 2.05) is 18.2 Å². The van der Waals surface area contributed by atoms with Crippen molar-refractivity contribution in [2.75, 3.05) is 26.8 Å². The third kappa shape index (κ3) is 2.70. The van der Waals surface area contributed by atoms with E-state index in [-0.39, 0.29) is 6.10 Å². The van der Waals surface area contributed by atoms with Gasteiger partial charge in [0.2, 0.25) is 0 Å². The van der Waals surface area contributed by atoms with Crippen LogP contribution in [0.15, 0.2) is 24.3 Å². The maximum Gasteiger partial charge on any atom is 0.119 e. The molecule has 82 valence electrons. The molecule has 1 heterocycles. The van der Waals surface area contributed by atoms with Gasteiger partial charge in [0.05, 0.1) is 13.2 Å². The van der Waals surface area contributed by atoms with E-state index in [1.165, 1.54) is 5.56 Å². The van der Waals surface area contributed by atoms with Crippen LogP contribution in [0.2, 0.25) is 0 Å². The molecule has 1 aromatic carbocycles. The minimum absolute atomic E-state index is 0.155. The van der Waals surface area contributed by atoms with Crippen LogP contribution in [0.1, 0.15) is 18.1 Å². The number of hydrogen-bond acceptors (Lipinski definition) is 3. The summed E-state index contributed by atoms with van der Waals surface area (Å²) in [6.07, 6.45) is 1.24. The monoisotopic (exact) mass is 207 g/mol. The third-order valence-electron chi connectivity index (χ3n) is 2.61. The van der Waals surface area contributed by atoms with Crippen LogP contribution < -0.4 is 10.1 Å². The molecule has 2 rings (SSSR count). The Bertz CT molecular complexity index is 306. The van der Waals surface area contributed by atoms with Crippen LogP contribution in [-0.4, -0.2) is 26.8 Å². The Morgan fingerprint density at radius 2 is 2.40 bits per heavy atom. The van der Waals surface area contributed by atoms with Crippen molar-refractivity contribution in [3.63, 3.8) is 0 Å². The molecule has 0 radical (unpaired) electrons. The summed E-state index contributed by atoms with van der Waals surface area (Å²) < 4.78 is 11.0. The first-order valence-corrected chi connectivity index (χ1v) is 5.36. The van der Waals surface area contributed by atoms with Crippen molar-refractivity contribution < 1.29 is 9.47 Å². The Kier molecular flexibility index (Phi) is 3.59. The van der Waals surface area contributed by atoms with Crippen LogP contribution in [0, 0.1) is 0 Å². The molecule has 1 aliphatic heterocycles. The second-order valence-electron chi connectivity index (χ2n) is 3.69. The van der Waals surface area contributed by atoms with E-state index in [0.29, 0.717) is 0 Å². The summed E-state index contributed by atoms with van der Waals surface area (Å²) in [5.41, 5.74) is 1.18. The zero-order valence-electron chi connectivity index (χ0n) is 9.03. The highest BCUT2D eigenvalue weighted by atomic mass is 16.5. The molecule has 1 N–H and O–H groups in total. The first-order valence-electron chi connectivity index (χ1n) is 5.36. The van der Waals surface area contributed by atoms with Gasteiger partial charge in [0.15, 0.2) is 0 Å². The summed E-state index contributed by atoms with van der Waals surface area (Å²) in [4.78, 5) is 0. The SMILES string of the molecule is COc1cccc(C2CNCCCO2)c1. The normalized spacial score (nSPS) is 22.1. The summed E-state index contributed by atoms with van der Waals surface area (Å²) in [5, 5.41) is 3.37. The van der Waals surface area contributed by atoms with E-state index in [1.54, 1.807) is 7.11 Å². The molecule has 0 aliphatic carbocycles. The first kappa shape index (κ1) is 10.5. The van der Waals surface area contributed by atoms with Crippen molar-refractivity contribution in [1.29, 1.82) is 0 Å². The Morgan fingerprint density at radius 3 is 3.27 bits per heavy atom. The van der Waals surface area contributed by atoms with E-state index in [0.717, 1.165) is 31.9 Å². The molecule has 3 heteroatoms. The van der Waals surface area contributed by atoms with E-state index >= 15 is 0 Å². The van der Waals surface area contributed by atoms with E-state index in [9.17, 15) is 0 Å². The summed E-state index contributed by atoms with van der Waals surface area (Å²) in [6.45, 7) is 2.75. The van der Waals surface area contributed by atoms with Gasteiger partial charge in [0, 0.05) is 13.2 Å². The molecule has 1 aromatic rings. The molecule has 1 fully saturated rings. The first-order chi connectivity index (χ1) is 7.40. The lowest BCUT2D eigenvalue weighted by Crippen LogP contribution is -2.20. The van der Waals surface area contributed by atoms with Crippen molar-refractivity contribution in [3.05, 3.63) is 29.8 Å². The van der Waals surface area contributed by atoms with Gasteiger partial charge < -0.3 is 14.8 Å². The molecule has 0 saturated carbocycles. The molecular weight excluding hydrogens is 190 g/mol. The van der Waals surface area contributed by atoms with Gasteiger partial charge in [-0.15, -0.1) is 0 Å². The number of nitrogens with one attached hydrogen (secondary N) is 1. The molecule has 0 amide bonds. The van der Waals surface area contributed by atoms with E-state index in [2.05, 4.69) is 11.4 Å². The number of hydrogen-bond donors (Lipinski definition) is 1. The van der Waals surface area contributed by atoms with E-state index in [4.69, 9.17) is 9.47 Å². The van der Waals surface area contributed by atoms with Gasteiger partial charge in [-0.3, -0.25) is 0 Å².